The SMILES string of the molecule is CCCN(CCC)C(=CC=C(C)C)N(C)c1ccccc1. The molecule has 1 aromatic rings. The van der Waals surface area contributed by atoms with Crippen LogP contribution in [0.3, 0.4) is 0 Å². The van der Waals surface area contributed by atoms with Crippen molar-refractivity contribution in [3.63, 3.8) is 0 Å². The highest BCUT2D eigenvalue weighted by atomic mass is 15.3. The molecule has 0 saturated carbocycles. The van der Waals surface area contributed by atoms with E-state index >= 15 is 0 Å². The first-order chi connectivity index (χ1) is 10.1. The van der Waals surface area contributed by atoms with Gasteiger partial charge in [0.05, 0.1) is 0 Å². The van der Waals surface area contributed by atoms with Gasteiger partial charge in [0.2, 0.25) is 0 Å². The monoisotopic (exact) mass is 286 g/mol. The molecule has 0 fully saturated rings. The average molecular weight is 286 g/mol. The van der Waals surface area contributed by atoms with Gasteiger partial charge in [-0.05, 0) is 44.9 Å². The van der Waals surface area contributed by atoms with Crippen molar-refractivity contribution >= 4 is 5.69 Å². The Kier molecular flexibility index (Phi) is 7.66. The first-order valence-corrected chi connectivity index (χ1v) is 7.99. The van der Waals surface area contributed by atoms with Crippen LogP contribution in [0.25, 0.3) is 0 Å². The van der Waals surface area contributed by atoms with E-state index < -0.39 is 0 Å². The number of nitrogens with zero attached hydrogens (tertiary/aromatic N) is 2. The van der Waals surface area contributed by atoms with Crippen LogP contribution in [-0.2, 0) is 0 Å². The first kappa shape index (κ1) is 17.4. The molecular formula is C19H30N2. The summed E-state index contributed by atoms with van der Waals surface area (Å²) in [6.07, 6.45) is 6.77. The Bertz CT molecular complexity index is 450. The Labute approximate surface area is 130 Å². The predicted octanol–water partition coefficient (Wildman–Crippen LogP) is 5.05. The summed E-state index contributed by atoms with van der Waals surface area (Å²) in [6.45, 7) is 10.9. The van der Waals surface area contributed by atoms with E-state index in [2.05, 4.69) is 87.0 Å². The molecule has 0 aliphatic rings. The van der Waals surface area contributed by atoms with Crippen molar-refractivity contribution in [1.29, 1.82) is 0 Å². The molecule has 0 aromatic heterocycles. The summed E-state index contributed by atoms with van der Waals surface area (Å²) in [5, 5.41) is 0. The van der Waals surface area contributed by atoms with Crippen LogP contribution in [0.2, 0.25) is 0 Å². The molecule has 0 spiro atoms. The molecule has 21 heavy (non-hydrogen) atoms. The van der Waals surface area contributed by atoms with Crippen LogP contribution in [0.15, 0.2) is 53.9 Å². The molecule has 0 radical (unpaired) electrons. The third-order valence-electron chi connectivity index (χ3n) is 3.36. The van der Waals surface area contributed by atoms with E-state index in [1.807, 2.05) is 0 Å². The molecule has 1 aromatic carbocycles. The summed E-state index contributed by atoms with van der Waals surface area (Å²) in [6, 6.07) is 10.6. The van der Waals surface area contributed by atoms with E-state index in [-0.39, 0.29) is 0 Å². The molecular weight excluding hydrogens is 256 g/mol. The van der Waals surface area contributed by atoms with E-state index in [4.69, 9.17) is 0 Å². The number of hydrogen-bond donors (Lipinski definition) is 0. The zero-order valence-corrected chi connectivity index (χ0v) is 14.3. The van der Waals surface area contributed by atoms with Crippen LogP contribution in [0.4, 0.5) is 5.69 Å². The third kappa shape index (κ3) is 5.66. The van der Waals surface area contributed by atoms with Crippen LogP contribution in [0, 0.1) is 0 Å². The van der Waals surface area contributed by atoms with E-state index in [0.717, 1.165) is 25.9 Å². The molecule has 0 aliphatic carbocycles. The number of benzene rings is 1. The van der Waals surface area contributed by atoms with Crippen LogP contribution in [0.5, 0.6) is 0 Å². The van der Waals surface area contributed by atoms with Gasteiger partial charge in [-0.1, -0.05) is 43.7 Å². The van der Waals surface area contributed by atoms with Crippen LogP contribution >= 0.6 is 0 Å². The number of para-hydroxylation sites is 1. The smallest absolute Gasteiger partial charge is 0.108 e. The third-order valence-corrected chi connectivity index (χ3v) is 3.36. The molecule has 0 saturated heterocycles. The average Bonchev–Trinajstić information content (AvgIpc) is 2.48. The fourth-order valence-corrected chi connectivity index (χ4v) is 2.34. The second-order valence-electron chi connectivity index (χ2n) is 5.65. The van der Waals surface area contributed by atoms with Gasteiger partial charge in [-0.2, -0.15) is 0 Å². The van der Waals surface area contributed by atoms with Gasteiger partial charge >= 0.3 is 0 Å². The molecule has 2 heteroatoms. The summed E-state index contributed by atoms with van der Waals surface area (Å²) in [4.78, 5) is 4.76. The quantitative estimate of drug-likeness (QED) is 0.617. The molecule has 2 nitrogen and oxygen atoms in total. The first-order valence-electron chi connectivity index (χ1n) is 7.99. The second-order valence-corrected chi connectivity index (χ2v) is 5.65. The van der Waals surface area contributed by atoms with Gasteiger partial charge < -0.3 is 9.80 Å². The molecule has 0 unspecified atom stereocenters. The van der Waals surface area contributed by atoms with Crippen molar-refractivity contribution in [3.8, 4) is 0 Å². The Balaban J connectivity index is 3.11. The largest absolute Gasteiger partial charge is 0.358 e. The molecule has 1 rings (SSSR count). The van der Waals surface area contributed by atoms with E-state index in [1.54, 1.807) is 0 Å². The fraction of sp³-hybridized carbons (Fsp3) is 0.474. The minimum absolute atomic E-state index is 1.09. The molecule has 0 atom stereocenters. The summed E-state index contributed by atoms with van der Waals surface area (Å²) in [5.41, 5.74) is 2.55. The lowest BCUT2D eigenvalue weighted by atomic mass is 10.2. The Hall–Kier alpha value is -1.70. The summed E-state index contributed by atoms with van der Waals surface area (Å²) < 4.78 is 0. The minimum atomic E-state index is 1.09. The van der Waals surface area contributed by atoms with Gasteiger partial charge in [0.25, 0.3) is 0 Å². The molecule has 0 heterocycles. The number of hydrogen-bond acceptors (Lipinski definition) is 2. The van der Waals surface area contributed by atoms with Gasteiger partial charge in [-0.15, -0.1) is 0 Å². The summed E-state index contributed by atoms with van der Waals surface area (Å²) in [7, 11) is 2.15. The molecule has 0 aliphatic heterocycles. The maximum atomic E-state index is 2.48. The topological polar surface area (TPSA) is 6.48 Å². The van der Waals surface area contributed by atoms with E-state index in [1.165, 1.54) is 17.1 Å². The van der Waals surface area contributed by atoms with Crippen molar-refractivity contribution in [3.05, 3.63) is 53.9 Å². The fourth-order valence-electron chi connectivity index (χ4n) is 2.34. The molecule has 0 N–H and O–H groups in total. The van der Waals surface area contributed by atoms with Gasteiger partial charge in [-0.25, -0.2) is 0 Å². The molecule has 116 valence electrons. The second kappa shape index (κ2) is 9.28. The summed E-state index contributed by atoms with van der Waals surface area (Å²) in [5.74, 6) is 1.27. The van der Waals surface area contributed by atoms with Crippen molar-refractivity contribution < 1.29 is 0 Å². The number of anilines is 1. The molecule has 0 bridgehead atoms. The molecule has 0 amide bonds. The lowest BCUT2D eigenvalue weighted by molar-refractivity contribution is 0.337. The van der Waals surface area contributed by atoms with Crippen molar-refractivity contribution in [2.45, 2.75) is 40.5 Å². The highest BCUT2D eigenvalue weighted by Gasteiger charge is 2.13. The van der Waals surface area contributed by atoms with Crippen LogP contribution < -0.4 is 4.90 Å². The summed E-state index contributed by atoms with van der Waals surface area (Å²) >= 11 is 0. The lowest BCUT2D eigenvalue weighted by Gasteiger charge is -2.33. The highest BCUT2D eigenvalue weighted by Crippen LogP contribution is 2.20. The van der Waals surface area contributed by atoms with Gasteiger partial charge in [0.15, 0.2) is 0 Å². The predicted molar refractivity (Wildman–Crippen MR) is 94.5 cm³/mol. The Morgan fingerprint density at radius 2 is 1.52 bits per heavy atom. The van der Waals surface area contributed by atoms with Crippen molar-refractivity contribution in [2.75, 3.05) is 25.0 Å². The van der Waals surface area contributed by atoms with Gasteiger partial charge in [0, 0.05) is 25.8 Å². The van der Waals surface area contributed by atoms with Gasteiger partial charge in [-0.3, -0.25) is 0 Å². The van der Waals surface area contributed by atoms with E-state index in [0.29, 0.717) is 0 Å². The highest BCUT2D eigenvalue weighted by molar-refractivity contribution is 5.51. The maximum Gasteiger partial charge on any atom is 0.108 e. The van der Waals surface area contributed by atoms with Crippen LogP contribution in [0.1, 0.15) is 40.5 Å². The van der Waals surface area contributed by atoms with Crippen molar-refractivity contribution in [1.82, 2.24) is 4.90 Å². The normalized spacial score (nSPS) is 11.2. The van der Waals surface area contributed by atoms with Crippen LogP contribution in [-0.4, -0.2) is 25.0 Å². The number of rotatable bonds is 8. The zero-order chi connectivity index (χ0) is 15.7. The Morgan fingerprint density at radius 1 is 0.952 bits per heavy atom. The Morgan fingerprint density at radius 3 is 2.00 bits per heavy atom. The lowest BCUT2D eigenvalue weighted by Crippen LogP contribution is -2.34. The van der Waals surface area contributed by atoms with E-state index in [9.17, 15) is 0 Å². The maximum absolute atomic E-state index is 2.48. The zero-order valence-electron chi connectivity index (χ0n) is 14.3. The number of allylic oxidation sites excluding steroid dienone is 3. The minimum Gasteiger partial charge on any atom is -0.358 e. The standard InChI is InChI=1S/C19H30N2/c1-6-15-21(16-7-2)19(14-13-17(3)4)20(5)18-11-9-8-10-12-18/h8-14H,6-7,15-16H2,1-5H3. The van der Waals surface area contributed by atoms with Crippen molar-refractivity contribution in [2.24, 2.45) is 0 Å². The van der Waals surface area contributed by atoms with Gasteiger partial charge in [0.1, 0.15) is 5.82 Å².